The fourth-order valence-electron chi connectivity index (χ4n) is 0.753. The summed E-state index contributed by atoms with van der Waals surface area (Å²) in [6.45, 7) is 3.77. The summed E-state index contributed by atoms with van der Waals surface area (Å²) in [5, 5.41) is 0.528. The van der Waals surface area contributed by atoms with Crippen molar-refractivity contribution in [2.75, 3.05) is 5.73 Å². The van der Waals surface area contributed by atoms with Crippen molar-refractivity contribution in [2.45, 2.75) is 13.8 Å². The first-order valence-corrected chi connectivity index (χ1v) is 3.90. The number of rotatable bonds is 1. The van der Waals surface area contributed by atoms with E-state index in [4.69, 9.17) is 17.3 Å². The lowest BCUT2D eigenvalue weighted by molar-refractivity contribution is 1.27. The van der Waals surface area contributed by atoms with E-state index in [1.165, 1.54) is 6.20 Å². The van der Waals surface area contributed by atoms with Crippen LogP contribution in [0.4, 0.5) is 11.5 Å². The van der Waals surface area contributed by atoms with E-state index in [-0.39, 0.29) is 0 Å². The number of nitrogens with zero attached hydrogens (tertiary/aromatic N) is 2. The van der Waals surface area contributed by atoms with Crippen LogP contribution in [0.3, 0.4) is 0 Å². The van der Waals surface area contributed by atoms with Gasteiger partial charge in [-0.25, -0.2) is 9.98 Å². The van der Waals surface area contributed by atoms with E-state index >= 15 is 0 Å². The first kappa shape index (κ1) is 9.00. The van der Waals surface area contributed by atoms with Crippen molar-refractivity contribution in [3.8, 4) is 0 Å². The van der Waals surface area contributed by atoms with E-state index in [2.05, 4.69) is 9.98 Å². The van der Waals surface area contributed by atoms with Crippen molar-refractivity contribution in [2.24, 2.45) is 4.99 Å². The summed E-state index contributed by atoms with van der Waals surface area (Å²) in [7, 11) is 0. The second kappa shape index (κ2) is 3.54. The summed E-state index contributed by atoms with van der Waals surface area (Å²) in [6.07, 6.45) is 1.53. The SMILES string of the molecule is CC(C)=Nc1ncc(Cl)cc1N. The summed E-state index contributed by atoms with van der Waals surface area (Å²) >= 11 is 5.66. The molecule has 2 N–H and O–H groups in total. The highest BCUT2D eigenvalue weighted by atomic mass is 35.5. The first-order valence-electron chi connectivity index (χ1n) is 3.52. The van der Waals surface area contributed by atoms with Gasteiger partial charge in [-0.3, -0.25) is 0 Å². The number of nitrogen functional groups attached to an aromatic ring is 1. The zero-order chi connectivity index (χ0) is 9.14. The number of hydrogen-bond donors (Lipinski definition) is 1. The van der Waals surface area contributed by atoms with Crippen LogP contribution in [0.5, 0.6) is 0 Å². The van der Waals surface area contributed by atoms with Gasteiger partial charge in [-0.15, -0.1) is 0 Å². The highest BCUT2D eigenvalue weighted by molar-refractivity contribution is 6.30. The molecular formula is C8H10ClN3. The van der Waals surface area contributed by atoms with Crippen LogP contribution in [0.15, 0.2) is 17.3 Å². The van der Waals surface area contributed by atoms with Crippen molar-refractivity contribution in [1.82, 2.24) is 4.98 Å². The lowest BCUT2D eigenvalue weighted by Crippen LogP contribution is -1.89. The van der Waals surface area contributed by atoms with Gasteiger partial charge in [0.15, 0.2) is 5.82 Å². The van der Waals surface area contributed by atoms with Gasteiger partial charge in [0.05, 0.1) is 10.7 Å². The van der Waals surface area contributed by atoms with Crippen LogP contribution in [0, 0.1) is 0 Å². The third kappa shape index (κ3) is 2.20. The maximum atomic E-state index is 5.66. The molecule has 0 fully saturated rings. The van der Waals surface area contributed by atoms with Gasteiger partial charge in [0.25, 0.3) is 0 Å². The predicted octanol–water partition coefficient (Wildman–Crippen LogP) is 2.43. The second-order valence-electron chi connectivity index (χ2n) is 2.63. The average molecular weight is 184 g/mol. The Hall–Kier alpha value is -1.09. The molecule has 1 heterocycles. The molecule has 64 valence electrons. The van der Waals surface area contributed by atoms with E-state index < -0.39 is 0 Å². The van der Waals surface area contributed by atoms with Gasteiger partial charge in [-0.05, 0) is 19.9 Å². The van der Waals surface area contributed by atoms with Crippen LogP contribution in [0.2, 0.25) is 5.02 Å². The van der Waals surface area contributed by atoms with Crippen LogP contribution >= 0.6 is 11.6 Å². The maximum absolute atomic E-state index is 5.66. The van der Waals surface area contributed by atoms with E-state index in [9.17, 15) is 0 Å². The summed E-state index contributed by atoms with van der Waals surface area (Å²) in [5.74, 6) is 0.527. The van der Waals surface area contributed by atoms with Gasteiger partial charge in [-0.1, -0.05) is 11.6 Å². The smallest absolute Gasteiger partial charge is 0.175 e. The molecule has 0 amide bonds. The largest absolute Gasteiger partial charge is 0.396 e. The molecule has 0 spiro atoms. The molecular weight excluding hydrogens is 174 g/mol. The van der Waals surface area contributed by atoms with Gasteiger partial charge < -0.3 is 5.73 Å². The molecule has 0 aliphatic heterocycles. The van der Waals surface area contributed by atoms with Crippen molar-refractivity contribution < 1.29 is 0 Å². The summed E-state index contributed by atoms with van der Waals surface area (Å²) in [4.78, 5) is 8.10. The Morgan fingerprint density at radius 3 is 2.75 bits per heavy atom. The molecule has 0 aliphatic rings. The van der Waals surface area contributed by atoms with Crippen molar-refractivity contribution in [3.63, 3.8) is 0 Å². The Labute approximate surface area is 76.3 Å². The minimum absolute atomic E-state index is 0.503. The molecule has 0 aromatic carbocycles. The van der Waals surface area contributed by atoms with E-state index in [1.54, 1.807) is 6.07 Å². The zero-order valence-corrected chi connectivity index (χ0v) is 7.76. The minimum Gasteiger partial charge on any atom is -0.396 e. The van der Waals surface area contributed by atoms with Crippen LogP contribution in [-0.4, -0.2) is 10.7 Å². The van der Waals surface area contributed by atoms with Crippen LogP contribution in [-0.2, 0) is 0 Å². The standard InChI is InChI=1S/C8H10ClN3/c1-5(2)12-8-7(10)3-6(9)4-11-8/h3-4H,10H2,1-2H3. The van der Waals surface area contributed by atoms with E-state index in [0.717, 1.165) is 5.71 Å². The molecule has 0 saturated carbocycles. The molecule has 3 nitrogen and oxygen atoms in total. The molecule has 0 aliphatic carbocycles. The lowest BCUT2D eigenvalue weighted by Gasteiger charge is -1.99. The summed E-state index contributed by atoms with van der Waals surface area (Å²) in [6, 6.07) is 1.64. The third-order valence-corrected chi connectivity index (χ3v) is 1.40. The Kier molecular flexibility index (Phi) is 2.65. The van der Waals surface area contributed by atoms with Crippen molar-refractivity contribution in [1.29, 1.82) is 0 Å². The topological polar surface area (TPSA) is 51.3 Å². The second-order valence-corrected chi connectivity index (χ2v) is 3.06. The van der Waals surface area contributed by atoms with E-state index in [1.807, 2.05) is 13.8 Å². The highest BCUT2D eigenvalue weighted by Crippen LogP contribution is 2.21. The molecule has 0 radical (unpaired) electrons. The number of nitrogens with two attached hydrogens (primary N) is 1. The summed E-state index contributed by atoms with van der Waals surface area (Å²) in [5.41, 5.74) is 7.03. The maximum Gasteiger partial charge on any atom is 0.175 e. The third-order valence-electron chi connectivity index (χ3n) is 1.19. The van der Waals surface area contributed by atoms with Gasteiger partial charge in [0.2, 0.25) is 0 Å². The van der Waals surface area contributed by atoms with Crippen molar-refractivity contribution in [3.05, 3.63) is 17.3 Å². The molecule has 4 heteroatoms. The van der Waals surface area contributed by atoms with Crippen molar-refractivity contribution >= 4 is 28.8 Å². The Morgan fingerprint density at radius 1 is 1.58 bits per heavy atom. The lowest BCUT2D eigenvalue weighted by atomic mass is 10.4. The monoisotopic (exact) mass is 183 g/mol. The average Bonchev–Trinajstić information content (AvgIpc) is 1.94. The molecule has 0 saturated heterocycles. The zero-order valence-electron chi connectivity index (χ0n) is 7.00. The number of halogens is 1. The van der Waals surface area contributed by atoms with Crippen LogP contribution in [0.25, 0.3) is 0 Å². The molecule has 0 bridgehead atoms. The Balaban J connectivity index is 3.10. The minimum atomic E-state index is 0.503. The number of pyridine rings is 1. The molecule has 1 rings (SSSR count). The predicted molar refractivity (Wildman–Crippen MR) is 52.1 cm³/mol. The quantitative estimate of drug-likeness (QED) is 0.680. The molecule has 1 aromatic rings. The van der Waals surface area contributed by atoms with Gasteiger partial charge >= 0.3 is 0 Å². The number of aliphatic imine (C=N–C) groups is 1. The van der Waals surface area contributed by atoms with Crippen LogP contribution in [0.1, 0.15) is 13.8 Å². The normalized spacial score (nSPS) is 9.58. The van der Waals surface area contributed by atoms with Gasteiger partial charge in [-0.2, -0.15) is 0 Å². The van der Waals surface area contributed by atoms with Gasteiger partial charge in [0.1, 0.15) is 0 Å². The number of anilines is 1. The highest BCUT2D eigenvalue weighted by Gasteiger charge is 1.98. The fourth-order valence-corrected chi connectivity index (χ4v) is 0.919. The molecule has 0 unspecified atom stereocenters. The summed E-state index contributed by atoms with van der Waals surface area (Å²) < 4.78 is 0. The fraction of sp³-hybridized carbons (Fsp3) is 0.250. The molecule has 1 aromatic heterocycles. The van der Waals surface area contributed by atoms with Crippen LogP contribution < -0.4 is 5.73 Å². The Bertz CT molecular complexity index is 316. The van der Waals surface area contributed by atoms with E-state index in [0.29, 0.717) is 16.5 Å². The van der Waals surface area contributed by atoms with Gasteiger partial charge in [0, 0.05) is 11.9 Å². The number of hydrogen-bond acceptors (Lipinski definition) is 3. The molecule has 12 heavy (non-hydrogen) atoms. The molecule has 0 atom stereocenters. The number of aromatic nitrogens is 1. The first-order chi connectivity index (χ1) is 5.59. The Morgan fingerprint density at radius 2 is 2.25 bits per heavy atom.